The molecule has 2 nitrogen and oxygen atoms in total. The van der Waals surface area contributed by atoms with Crippen LogP contribution in [0.15, 0.2) is 144 Å². The van der Waals surface area contributed by atoms with Gasteiger partial charge in [-0.25, -0.2) is 0 Å². The Morgan fingerprint density at radius 1 is 0.512 bits per heavy atom. The zero-order valence-electron chi connectivity index (χ0n) is 23.1. The molecule has 0 aliphatic heterocycles. The fourth-order valence-corrected chi connectivity index (χ4v) is 6.71. The first kappa shape index (κ1) is 23.8. The van der Waals surface area contributed by atoms with E-state index in [0.29, 0.717) is 0 Å². The molecule has 7 aromatic rings. The van der Waals surface area contributed by atoms with E-state index in [-0.39, 0.29) is 5.41 Å². The molecule has 0 saturated heterocycles. The normalized spacial score (nSPS) is 13.3. The van der Waals surface area contributed by atoms with Crippen molar-refractivity contribution < 1.29 is 4.42 Å². The minimum atomic E-state index is -0.0963. The number of furan rings is 1. The van der Waals surface area contributed by atoms with E-state index >= 15 is 0 Å². The van der Waals surface area contributed by atoms with Crippen molar-refractivity contribution in [3.63, 3.8) is 0 Å². The van der Waals surface area contributed by atoms with E-state index in [1.807, 2.05) is 6.07 Å². The van der Waals surface area contributed by atoms with E-state index in [0.717, 1.165) is 39.0 Å². The van der Waals surface area contributed by atoms with Gasteiger partial charge >= 0.3 is 0 Å². The maximum atomic E-state index is 6.35. The quantitative estimate of drug-likeness (QED) is 0.226. The van der Waals surface area contributed by atoms with Gasteiger partial charge in [-0.05, 0) is 64.2 Å². The van der Waals surface area contributed by atoms with E-state index in [4.69, 9.17) is 4.42 Å². The third-order valence-corrected chi connectivity index (χ3v) is 8.68. The molecule has 1 aliphatic rings. The van der Waals surface area contributed by atoms with Crippen LogP contribution in [-0.2, 0) is 5.41 Å². The molecule has 0 unspecified atom stereocenters. The Morgan fingerprint density at radius 3 is 2.05 bits per heavy atom. The summed E-state index contributed by atoms with van der Waals surface area (Å²) in [6.45, 7) is 4.68. The van der Waals surface area contributed by atoms with Gasteiger partial charge in [0.1, 0.15) is 11.2 Å². The lowest BCUT2D eigenvalue weighted by molar-refractivity contribution is 0.660. The zero-order chi connectivity index (χ0) is 27.6. The Labute approximate surface area is 240 Å². The molecule has 1 aromatic heterocycles. The second kappa shape index (κ2) is 8.97. The topological polar surface area (TPSA) is 16.4 Å². The number of anilines is 3. The fraction of sp³-hybridized carbons (Fsp3) is 0.0769. The molecule has 0 amide bonds. The number of benzene rings is 6. The van der Waals surface area contributed by atoms with Gasteiger partial charge in [0.05, 0.1) is 16.8 Å². The van der Waals surface area contributed by atoms with Gasteiger partial charge in [-0.2, -0.15) is 0 Å². The second-order valence-electron chi connectivity index (χ2n) is 11.4. The average molecular weight is 528 g/mol. The molecule has 41 heavy (non-hydrogen) atoms. The second-order valence-corrected chi connectivity index (χ2v) is 11.4. The summed E-state index contributed by atoms with van der Waals surface area (Å²) < 4.78 is 6.35. The standard InChI is InChI=1S/C39H29NO/c1-39(2)32-18-9-6-16-29(32)30-24-23-27(25-33(30)39)40(34-19-10-7-15-28(34)26-13-4-3-5-14-26)35-20-12-22-37-38(35)31-17-8-11-21-36(31)41-37/h3-25H,1-2H3. The Balaban J connectivity index is 1.43. The maximum Gasteiger partial charge on any atom is 0.137 e. The third-order valence-electron chi connectivity index (χ3n) is 8.68. The molecule has 0 N–H and O–H groups in total. The summed E-state index contributed by atoms with van der Waals surface area (Å²) in [4.78, 5) is 2.42. The Kier molecular flexibility index (Phi) is 5.20. The van der Waals surface area contributed by atoms with Crippen molar-refractivity contribution in [2.24, 2.45) is 0 Å². The first-order valence-electron chi connectivity index (χ1n) is 14.2. The Bertz CT molecular complexity index is 2080. The van der Waals surface area contributed by atoms with Crippen molar-refractivity contribution in [2.45, 2.75) is 19.3 Å². The molecule has 0 saturated carbocycles. The van der Waals surface area contributed by atoms with Crippen LogP contribution in [0, 0.1) is 0 Å². The highest BCUT2D eigenvalue weighted by atomic mass is 16.3. The molecule has 1 aliphatic carbocycles. The van der Waals surface area contributed by atoms with Crippen LogP contribution in [0.25, 0.3) is 44.2 Å². The summed E-state index contributed by atoms with van der Waals surface area (Å²) >= 11 is 0. The molecule has 0 bridgehead atoms. The molecule has 1 heterocycles. The zero-order valence-corrected chi connectivity index (χ0v) is 23.1. The lowest BCUT2D eigenvalue weighted by atomic mass is 9.82. The van der Waals surface area contributed by atoms with Crippen LogP contribution >= 0.6 is 0 Å². The number of para-hydroxylation sites is 2. The van der Waals surface area contributed by atoms with Gasteiger partial charge in [-0.1, -0.05) is 117 Å². The monoisotopic (exact) mass is 527 g/mol. The molecule has 8 rings (SSSR count). The predicted octanol–water partition coefficient (Wildman–Crippen LogP) is 11.0. The molecular formula is C39H29NO. The predicted molar refractivity (Wildman–Crippen MR) is 171 cm³/mol. The van der Waals surface area contributed by atoms with Gasteiger partial charge in [0.15, 0.2) is 0 Å². The van der Waals surface area contributed by atoms with E-state index < -0.39 is 0 Å². The van der Waals surface area contributed by atoms with E-state index in [1.165, 1.54) is 33.4 Å². The summed E-state index contributed by atoms with van der Waals surface area (Å²) in [5.74, 6) is 0. The van der Waals surface area contributed by atoms with Crippen LogP contribution in [0.5, 0.6) is 0 Å². The molecule has 2 heteroatoms. The number of hydrogen-bond acceptors (Lipinski definition) is 2. The summed E-state index contributed by atoms with van der Waals surface area (Å²) in [6.07, 6.45) is 0. The first-order valence-corrected chi connectivity index (χ1v) is 14.2. The van der Waals surface area contributed by atoms with E-state index in [9.17, 15) is 0 Å². The van der Waals surface area contributed by atoms with Crippen molar-refractivity contribution >= 4 is 39.0 Å². The Hall–Kier alpha value is -5.08. The van der Waals surface area contributed by atoms with Gasteiger partial charge in [-0.3, -0.25) is 0 Å². The maximum absolute atomic E-state index is 6.35. The summed E-state index contributed by atoms with van der Waals surface area (Å²) in [7, 11) is 0. The van der Waals surface area contributed by atoms with E-state index in [2.05, 4.69) is 152 Å². The molecule has 0 spiro atoms. The number of nitrogens with zero attached hydrogens (tertiary/aromatic N) is 1. The fourth-order valence-electron chi connectivity index (χ4n) is 6.71. The average Bonchev–Trinajstić information content (AvgIpc) is 3.51. The van der Waals surface area contributed by atoms with Crippen LogP contribution in [0.1, 0.15) is 25.0 Å². The minimum Gasteiger partial charge on any atom is -0.456 e. The van der Waals surface area contributed by atoms with Crippen molar-refractivity contribution in [1.29, 1.82) is 0 Å². The van der Waals surface area contributed by atoms with Gasteiger partial charge in [0.2, 0.25) is 0 Å². The first-order chi connectivity index (χ1) is 20.1. The van der Waals surface area contributed by atoms with Gasteiger partial charge in [-0.15, -0.1) is 0 Å². The van der Waals surface area contributed by atoms with Gasteiger partial charge in [0.25, 0.3) is 0 Å². The molecule has 196 valence electrons. The van der Waals surface area contributed by atoms with Crippen LogP contribution in [0.2, 0.25) is 0 Å². The third kappa shape index (κ3) is 3.57. The van der Waals surface area contributed by atoms with Gasteiger partial charge in [0, 0.05) is 22.1 Å². The smallest absolute Gasteiger partial charge is 0.137 e. The lowest BCUT2D eigenvalue weighted by Crippen LogP contribution is -2.17. The SMILES string of the molecule is CC1(C)c2ccccc2-c2ccc(N(c3ccccc3-c3ccccc3)c3cccc4oc5ccccc5c34)cc21. The molecule has 0 atom stereocenters. The summed E-state index contributed by atoms with van der Waals surface area (Å²) in [6, 6.07) is 49.9. The lowest BCUT2D eigenvalue weighted by Gasteiger charge is -2.30. The van der Waals surface area contributed by atoms with Crippen LogP contribution < -0.4 is 4.90 Å². The van der Waals surface area contributed by atoms with Crippen molar-refractivity contribution in [1.82, 2.24) is 0 Å². The van der Waals surface area contributed by atoms with Crippen molar-refractivity contribution in [3.05, 3.63) is 151 Å². The van der Waals surface area contributed by atoms with E-state index in [1.54, 1.807) is 0 Å². The molecule has 0 fully saturated rings. The Morgan fingerprint density at radius 2 is 1.17 bits per heavy atom. The highest BCUT2D eigenvalue weighted by Crippen LogP contribution is 2.52. The van der Waals surface area contributed by atoms with Crippen LogP contribution in [-0.4, -0.2) is 0 Å². The highest BCUT2D eigenvalue weighted by Gasteiger charge is 2.36. The molecular weight excluding hydrogens is 498 g/mol. The highest BCUT2D eigenvalue weighted by molar-refractivity contribution is 6.13. The molecule has 6 aromatic carbocycles. The molecule has 0 radical (unpaired) electrons. The van der Waals surface area contributed by atoms with Crippen LogP contribution in [0.4, 0.5) is 17.1 Å². The summed E-state index contributed by atoms with van der Waals surface area (Å²) in [5, 5.41) is 2.24. The summed E-state index contributed by atoms with van der Waals surface area (Å²) in [5.41, 5.74) is 12.8. The number of rotatable bonds is 4. The largest absolute Gasteiger partial charge is 0.456 e. The van der Waals surface area contributed by atoms with Crippen molar-refractivity contribution in [2.75, 3.05) is 4.90 Å². The van der Waals surface area contributed by atoms with Gasteiger partial charge < -0.3 is 9.32 Å². The minimum absolute atomic E-state index is 0.0963. The number of hydrogen-bond donors (Lipinski definition) is 0. The van der Waals surface area contributed by atoms with Crippen LogP contribution in [0.3, 0.4) is 0 Å². The van der Waals surface area contributed by atoms with Crippen molar-refractivity contribution in [3.8, 4) is 22.3 Å². The number of fused-ring (bicyclic) bond motifs is 6.